The minimum atomic E-state index is -0.593. The number of hydrogen-bond acceptors (Lipinski definition) is 3. The van der Waals surface area contributed by atoms with Crippen LogP contribution in [0, 0.1) is 5.82 Å². The van der Waals surface area contributed by atoms with Crippen LogP contribution < -0.4 is 5.32 Å². The summed E-state index contributed by atoms with van der Waals surface area (Å²) >= 11 is 0. The van der Waals surface area contributed by atoms with Gasteiger partial charge < -0.3 is 15.2 Å². The predicted octanol–water partition coefficient (Wildman–Crippen LogP) is 2.97. The number of nitrogens with one attached hydrogen (secondary N) is 1. The molecular formula is C16H18FNO2. The summed E-state index contributed by atoms with van der Waals surface area (Å²) in [5.41, 5.74) is 3.09. The molecule has 2 aromatic rings. The van der Waals surface area contributed by atoms with Crippen molar-refractivity contribution in [3.63, 3.8) is 0 Å². The molecule has 0 radical (unpaired) electrons. The predicted molar refractivity (Wildman–Crippen MR) is 75.8 cm³/mol. The summed E-state index contributed by atoms with van der Waals surface area (Å²) in [5.74, 6) is -0.914. The number of hydrogen-bond donors (Lipinski definition) is 2. The molecule has 0 aliphatic heterocycles. The van der Waals surface area contributed by atoms with E-state index in [4.69, 9.17) is 9.84 Å². The average molecular weight is 275 g/mol. The van der Waals surface area contributed by atoms with Crippen molar-refractivity contribution in [2.45, 2.75) is 19.7 Å². The number of ether oxygens (including phenoxy) is 1. The monoisotopic (exact) mass is 275 g/mol. The lowest BCUT2D eigenvalue weighted by molar-refractivity contribution is 0.184. The second-order valence-corrected chi connectivity index (χ2v) is 4.59. The number of benzene rings is 2. The molecule has 0 unspecified atom stereocenters. The van der Waals surface area contributed by atoms with E-state index in [0.29, 0.717) is 19.7 Å². The largest absolute Gasteiger partial charge is 0.505 e. The molecule has 0 spiro atoms. The molecule has 0 saturated heterocycles. The topological polar surface area (TPSA) is 41.5 Å². The van der Waals surface area contributed by atoms with Crippen LogP contribution in [0.25, 0.3) is 0 Å². The summed E-state index contributed by atoms with van der Waals surface area (Å²) in [4.78, 5) is 0. The third-order valence-corrected chi connectivity index (χ3v) is 3.07. The van der Waals surface area contributed by atoms with E-state index >= 15 is 0 Å². The first-order valence-electron chi connectivity index (χ1n) is 6.44. The summed E-state index contributed by atoms with van der Waals surface area (Å²) in [5, 5.41) is 12.4. The second kappa shape index (κ2) is 7.03. The fourth-order valence-electron chi connectivity index (χ4n) is 2.03. The van der Waals surface area contributed by atoms with Gasteiger partial charge in [0.25, 0.3) is 0 Å². The summed E-state index contributed by atoms with van der Waals surface area (Å²) in [7, 11) is 1.67. The maximum absolute atomic E-state index is 13.2. The van der Waals surface area contributed by atoms with Crippen LogP contribution in [0.1, 0.15) is 16.7 Å². The molecule has 0 aliphatic rings. The molecule has 0 atom stereocenters. The molecule has 0 bridgehead atoms. The molecule has 3 nitrogen and oxygen atoms in total. The van der Waals surface area contributed by atoms with Gasteiger partial charge in [0.05, 0.1) is 6.61 Å². The van der Waals surface area contributed by atoms with Crippen molar-refractivity contribution >= 4 is 0 Å². The molecule has 20 heavy (non-hydrogen) atoms. The maximum atomic E-state index is 13.2. The van der Waals surface area contributed by atoms with Crippen molar-refractivity contribution in [2.24, 2.45) is 0 Å². The lowest BCUT2D eigenvalue weighted by atomic mass is 10.1. The Bertz CT molecular complexity index is 572. The van der Waals surface area contributed by atoms with Gasteiger partial charge in [0.1, 0.15) is 0 Å². The standard InChI is InChI=1S/C16H18FNO2/c1-20-11-14-5-3-2-4-13(14)10-18-9-12-6-7-16(19)15(17)8-12/h2-8,18-19H,9-11H2,1H3. The van der Waals surface area contributed by atoms with Crippen molar-refractivity contribution in [1.29, 1.82) is 0 Å². The van der Waals surface area contributed by atoms with Crippen molar-refractivity contribution < 1.29 is 14.2 Å². The van der Waals surface area contributed by atoms with E-state index in [9.17, 15) is 4.39 Å². The molecule has 4 heteroatoms. The molecule has 0 fully saturated rings. The number of halogens is 1. The Morgan fingerprint density at radius 3 is 2.55 bits per heavy atom. The van der Waals surface area contributed by atoms with E-state index < -0.39 is 5.82 Å². The first kappa shape index (κ1) is 14.5. The Morgan fingerprint density at radius 1 is 1.10 bits per heavy atom. The van der Waals surface area contributed by atoms with Crippen LogP contribution in [0.2, 0.25) is 0 Å². The van der Waals surface area contributed by atoms with Gasteiger partial charge in [-0.3, -0.25) is 0 Å². The van der Waals surface area contributed by atoms with Gasteiger partial charge in [-0.15, -0.1) is 0 Å². The van der Waals surface area contributed by atoms with E-state index in [-0.39, 0.29) is 5.75 Å². The van der Waals surface area contributed by atoms with Gasteiger partial charge in [-0.1, -0.05) is 30.3 Å². The summed E-state index contributed by atoms with van der Waals surface area (Å²) in [6.07, 6.45) is 0. The molecular weight excluding hydrogens is 257 g/mol. The van der Waals surface area contributed by atoms with E-state index in [1.54, 1.807) is 13.2 Å². The first-order valence-corrected chi connectivity index (χ1v) is 6.44. The van der Waals surface area contributed by atoms with Crippen LogP contribution in [0.4, 0.5) is 4.39 Å². The van der Waals surface area contributed by atoms with Gasteiger partial charge in [0, 0.05) is 20.2 Å². The van der Waals surface area contributed by atoms with Crippen LogP contribution >= 0.6 is 0 Å². The number of aromatic hydroxyl groups is 1. The van der Waals surface area contributed by atoms with Gasteiger partial charge in [-0.25, -0.2) is 4.39 Å². The van der Waals surface area contributed by atoms with Crippen LogP contribution in [0.5, 0.6) is 5.75 Å². The fraction of sp³-hybridized carbons (Fsp3) is 0.250. The Hall–Kier alpha value is -1.91. The maximum Gasteiger partial charge on any atom is 0.165 e. The quantitative estimate of drug-likeness (QED) is 0.851. The average Bonchev–Trinajstić information content (AvgIpc) is 2.45. The Balaban J connectivity index is 1.94. The van der Waals surface area contributed by atoms with Gasteiger partial charge >= 0.3 is 0 Å². The van der Waals surface area contributed by atoms with E-state index in [1.807, 2.05) is 24.3 Å². The van der Waals surface area contributed by atoms with Crippen molar-refractivity contribution in [3.05, 3.63) is 65.0 Å². The Labute approximate surface area is 118 Å². The number of methoxy groups -OCH3 is 1. The lowest BCUT2D eigenvalue weighted by Gasteiger charge is -2.10. The molecule has 2 N–H and O–H groups in total. The fourth-order valence-corrected chi connectivity index (χ4v) is 2.03. The van der Waals surface area contributed by atoms with Crippen LogP contribution in [0.15, 0.2) is 42.5 Å². The molecule has 2 rings (SSSR count). The number of phenols is 1. The zero-order valence-corrected chi connectivity index (χ0v) is 11.4. The summed E-state index contributed by atoms with van der Waals surface area (Å²) in [6, 6.07) is 12.4. The number of phenolic OH excluding ortho intramolecular Hbond substituents is 1. The molecule has 0 aliphatic carbocycles. The highest BCUT2D eigenvalue weighted by Crippen LogP contribution is 2.16. The van der Waals surface area contributed by atoms with Crippen LogP contribution in [0.3, 0.4) is 0 Å². The van der Waals surface area contributed by atoms with Gasteiger partial charge in [0.15, 0.2) is 11.6 Å². The van der Waals surface area contributed by atoms with E-state index in [1.165, 1.54) is 12.1 Å². The second-order valence-electron chi connectivity index (χ2n) is 4.59. The zero-order valence-electron chi connectivity index (χ0n) is 11.4. The molecule has 0 aromatic heterocycles. The Kier molecular flexibility index (Phi) is 5.09. The zero-order chi connectivity index (χ0) is 14.4. The third-order valence-electron chi connectivity index (χ3n) is 3.07. The summed E-state index contributed by atoms with van der Waals surface area (Å²) in [6.45, 7) is 1.80. The summed E-state index contributed by atoms with van der Waals surface area (Å²) < 4.78 is 18.4. The van der Waals surface area contributed by atoms with Crippen LogP contribution in [-0.4, -0.2) is 12.2 Å². The smallest absolute Gasteiger partial charge is 0.165 e. The minimum absolute atomic E-state index is 0.320. The molecule has 2 aromatic carbocycles. The molecule has 0 amide bonds. The first-order chi connectivity index (χ1) is 9.70. The molecule has 0 heterocycles. The van der Waals surface area contributed by atoms with Crippen molar-refractivity contribution in [3.8, 4) is 5.75 Å². The van der Waals surface area contributed by atoms with Gasteiger partial charge in [-0.2, -0.15) is 0 Å². The Morgan fingerprint density at radius 2 is 1.85 bits per heavy atom. The van der Waals surface area contributed by atoms with Crippen molar-refractivity contribution in [1.82, 2.24) is 5.32 Å². The minimum Gasteiger partial charge on any atom is -0.505 e. The normalized spacial score (nSPS) is 10.7. The van der Waals surface area contributed by atoms with Crippen molar-refractivity contribution in [2.75, 3.05) is 7.11 Å². The van der Waals surface area contributed by atoms with E-state index in [2.05, 4.69) is 5.32 Å². The molecule has 106 valence electrons. The van der Waals surface area contributed by atoms with E-state index in [0.717, 1.165) is 16.7 Å². The van der Waals surface area contributed by atoms with Crippen LogP contribution in [-0.2, 0) is 24.4 Å². The highest BCUT2D eigenvalue weighted by Gasteiger charge is 2.03. The lowest BCUT2D eigenvalue weighted by Crippen LogP contribution is -2.14. The highest BCUT2D eigenvalue weighted by molar-refractivity contribution is 5.29. The number of rotatable bonds is 6. The molecule has 0 saturated carbocycles. The van der Waals surface area contributed by atoms with Gasteiger partial charge in [0.2, 0.25) is 0 Å². The third kappa shape index (κ3) is 3.79. The SMILES string of the molecule is COCc1ccccc1CNCc1ccc(O)c(F)c1. The van der Waals surface area contributed by atoms with Gasteiger partial charge in [-0.05, 0) is 28.8 Å². The highest BCUT2D eigenvalue weighted by atomic mass is 19.1.